The third-order valence-electron chi connectivity index (χ3n) is 4.17. The molecule has 0 radical (unpaired) electrons. The summed E-state index contributed by atoms with van der Waals surface area (Å²) in [5.74, 6) is 1.28. The lowest BCUT2D eigenvalue weighted by Gasteiger charge is -2.33. The average molecular weight is 391 g/mol. The van der Waals surface area contributed by atoms with Crippen LogP contribution in [-0.4, -0.2) is 46.6 Å². The quantitative estimate of drug-likeness (QED) is 0.859. The van der Waals surface area contributed by atoms with Crippen LogP contribution in [0.5, 0.6) is 0 Å². The lowest BCUT2D eigenvalue weighted by molar-refractivity contribution is 0.0199. The van der Waals surface area contributed by atoms with Crippen LogP contribution in [0.3, 0.4) is 0 Å². The Bertz CT molecular complexity index is 813. The number of furan rings is 1. The monoisotopic (exact) mass is 391 g/mol. The molecule has 1 aliphatic heterocycles. The summed E-state index contributed by atoms with van der Waals surface area (Å²) in [6, 6.07) is 3.74. The molecule has 146 valence electrons. The van der Waals surface area contributed by atoms with E-state index in [1.54, 1.807) is 10.3 Å². The Kier molecular flexibility index (Phi) is 5.55. The van der Waals surface area contributed by atoms with E-state index in [9.17, 15) is 9.59 Å². The van der Waals surface area contributed by atoms with Crippen LogP contribution in [0.2, 0.25) is 0 Å². The molecule has 0 saturated carbocycles. The second-order valence-corrected chi connectivity index (χ2v) is 8.52. The van der Waals surface area contributed by atoms with Crippen LogP contribution >= 0.6 is 11.3 Å². The van der Waals surface area contributed by atoms with E-state index in [-0.39, 0.29) is 18.0 Å². The Morgan fingerprint density at radius 2 is 2.00 bits per heavy atom. The first-order valence-electron chi connectivity index (χ1n) is 9.02. The van der Waals surface area contributed by atoms with Gasteiger partial charge in [-0.3, -0.25) is 4.79 Å². The maximum Gasteiger partial charge on any atom is 0.410 e. The van der Waals surface area contributed by atoms with E-state index in [1.807, 2.05) is 39.8 Å². The van der Waals surface area contributed by atoms with Crippen molar-refractivity contribution >= 4 is 23.3 Å². The molecule has 8 heteroatoms. The second kappa shape index (κ2) is 7.72. The molecule has 1 aliphatic rings. The van der Waals surface area contributed by atoms with Crippen molar-refractivity contribution in [1.82, 2.24) is 15.2 Å². The van der Waals surface area contributed by atoms with E-state index in [0.717, 1.165) is 5.76 Å². The number of nitrogens with one attached hydrogen (secondary N) is 1. The number of aromatic nitrogens is 1. The Hall–Kier alpha value is -2.35. The third kappa shape index (κ3) is 5.09. The van der Waals surface area contributed by atoms with Gasteiger partial charge >= 0.3 is 6.09 Å². The van der Waals surface area contributed by atoms with Gasteiger partial charge in [0.05, 0.1) is 0 Å². The summed E-state index contributed by atoms with van der Waals surface area (Å²) < 4.78 is 10.9. The van der Waals surface area contributed by atoms with Crippen molar-refractivity contribution < 1.29 is 18.7 Å². The number of carbonyl (C=O) groups excluding carboxylic acids is 2. The molecule has 0 spiro atoms. The first-order valence-corrected chi connectivity index (χ1v) is 9.90. The summed E-state index contributed by atoms with van der Waals surface area (Å²) in [7, 11) is 0. The number of hydrogen-bond donors (Lipinski definition) is 1. The number of ether oxygens (including phenoxy) is 1. The van der Waals surface area contributed by atoms with E-state index < -0.39 is 5.60 Å². The van der Waals surface area contributed by atoms with Crippen LogP contribution in [0.4, 0.5) is 4.79 Å². The van der Waals surface area contributed by atoms with Gasteiger partial charge in [-0.05, 0) is 52.7 Å². The number of hydrogen-bond acceptors (Lipinski definition) is 6. The van der Waals surface area contributed by atoms with Gasteiger partial charge in [0.25, 0.3) is 5.91 Å². The number of rotatable bonds is 3. The van der Waals surface area contributed by atoms with Crippen LogP contribution in [-0.2, 0) is 4.74 Å². The molecule has 2 amide bonds. The molecule has 0 bridgehead atoms. The fourth-order valence-corrected chi connectivity index (χ4v) is 3.59. The zero-order chi connectivity index (χ0) is 19.6. The maximum atomic E-state index is 12.5. The van der Waals surface area contributed by atoms with Crippen molar-refractivity contribution in [3.05, 3.63) is 29.0 Å². The number of amides is 2. The lowest BCUT2D eigenvalue weighted by Crippen LogP contribution is -2.47. The molecule has 1 N–H and O–H groups in total. The molecular formula is C19H25N3O4S. The fraction of sp³-hybridized carbons (Fsp3) is 0.526. The molecule has 0 aliphatic carbocycles. The number of nitrogens with zero attached hydrogens (tertiary/aromatic N) is 2. The van der Waals surface area contributed by atoms with Crippen molar-refractivity contribution in [2.45, 2.75) is 52.2 Å². The number of piperidine rings is 1. The van der Waals surface area contributed by atoms with Gasteiger partial charge in [-0.25, -0.2) is 9.78 Å². The van der Waals surface area contributed by atoms with Gasteiger partial charge in [-0.2, -0.15) is 0 Å². The molecule has 27 heavy (non-hydrogen) atoms. The number of carbonyl (C=O) groups is 2. The van der Waals surface area contributed by atoms with Crippen molar-refractivity contribution in [3.8, 4) is 10.8 Å². The van der Waals surface area contributed by atoms with Crippen molar-refractivity contribution in [2.75, 3.05) is 13.1 Å². The molecule has 0 atom stereocenters. The van der Waals surface area contributed by atoms with Crippen LogP contribution in [0.15, 0.2) is 21.9 Å². The summed E-state index contributed by atoms with van der Waals surface area (Å²) >= 11 is 1.38. The minimum Gasteiger partial charge on any atom is -0.459 e. The lowest BCUT2D eigenvalue weighted by atomic mass is 10.1. The molecule has 7 nitrogen and oxygen atoms in total. The molecule has 0 aromatic carbocycles. The summed E-state index contributed by atoms with van der Waals surface area (Å²) in [6.07, 6.45) is 1.09. The number of aryl methyl sites for hydroxylation is 1. The Labute approximate surface area is 162 Å². The summed E-state index contributed by atoms with van der Waals surface area (Å²) in [4.78, 5) is 30.6. The van der Waals surface area contributed by atoms with Gasteiger partial charge < -0.3 is 19.4 Å². The highest BCUT2D eigenvalue weighted by Gasteiger charge is 2.28. The first kappa shape index (κ1) is 19.4. The first-order chi connectivity index (χ1) is 12.7. The zero-order valence-corrected chi connectivity index (χ0v) is 16.9. The smallest absolute Gasteiger partial charge is 0.410 e. The molecule has 3 heterocycles. The maximum absolute atomic E-state index is 12.5. The van der Waals surface area contributed by atoms with Crippen LogP contribution in [0, 0.1) is 6.92 Å². The highest BCUT2D eigenvalue weighted by molar-refractivity contribution is 7.13. The molecular weight excluding hydrogens is 366 g/mol. The second-order valence-electron chi connectivity index (χ2n) is 7.66. The van der Waals surface area contributed by atoms with Gasteiger partial charge in [0.1, 0.15) is 17.1 Å². The SMILES string of the molecule is Cc1ccc(-c2nc(C(=O)NC3CCN(C(=O)OC(C)(C)C)CC3)cs2)o1. The number of thiazole rings is 1. The van der Waals surface area contributed by atoms with Gasteiger partial charge in [-0.15, -0.1) is 11.3 Å². The van der Waals surface area contributed by atoms with E-state index >= 15 is 0 Å². The van der Waals surface area contributed by atoms with Crippen LogP contribution in [0.25, 0.3) is 10.8 Å². The molecule has 1 saturated heterocycles. The summed E-state index contributed by atoms with van der Waals surface area (Å²) in [6.45, 7) is 8.55. The van der Waals surface area contributed by atoms with Crippen LogP contribution < -0.4 is 5.32 Å². The number of likely N-dealkylation sites (tertiary alicyclic amines) is 1. The molecule has 0 unspecified atom stereocenters. The van der Waals surface area contributed by atoms with Crippen molar-refractivity contribution in [3.63, 3.8) is 0 Å². The van der Waals surface area contributed by atoms with Crippen molar-refractivity contribution in [2.24, 2.45) is 0 Å². The van der Waals surface area contributed by atoms with Crippen LogP contribution in [0.1, 0.15) is 49.9 Å². The predicted octanol–water partition coefficient (Wildman–Crippen LogP) is 3.84. The topological polar surface area (TPSA) is 84.7 Å². The Morgan fingerprint density at radius 1 is 1.30 bits per heavy atom. The van der Waals surface area contributed by atoms with Gasteiger partial charge in [-0.1, -0.05) is 0 Å². The van der Waals surface area contributed by atoms with Crippen molar-refractivity contribution in [1.29, 1.82) is 0 Å². The Morgan fingerprint density at radius 3 is 2.59 bits per heavy atom. The largest absolute Gasteiger partial charge is 0.459 e. The summed E-state index contributed by atoms with van der Waals surface area (Å²) in [5, 5.41) is 5.43. The minimum absolute atomic E-state index is 0.0205. The van der Waals surface area contributed by atoms with Gasteiger partial charge in [0.15, 0.2) is 10.8 Å². The van der Waals surface area contributed by atoms with E-state index in [4.69, 9.17) is 9.15 Å². The van der Waals surface area contributed by atoms with E-state index in [2.05, 4.69) is 10.3 Å². The molecule has 3 rings (SSSR count). The average Bonchev–Trinajstić information content (AvgIpc) is 3.22. The highest BCUT2D eigenvalue weighted by atomic mass is 32.1. The van der Waals surface area contributed by atoms with Gasteiger partial charge in [0, 0.05) is 24.5 Å². The normalized spacial score (nSPS) is 15.6. The van der Waals surface area contributed by atoms with E-state index in [0.29, 0.717) is 42.4 Å². The summed E-state index contributed by atoms with van der Waals surface area (Å²) in [5.41, 5.74) is -0.115. The molecule has 2 aromatic heterocycles. The van der Waals surface area contributed by atoms with Gasteiger partial charge in [0.2, 0.25) is 0 Å². The third-order valence-corrected chi connectivity index (χ3v) is 5.03. The Balaban J connectivity index is 1.51. The standard InChI is InChI=1S/C19H25N3O4S/c1-12-5-6-15(25-12)17-21-14(11-27-17)16(23)20-13-7-9-22(10-8-13)18(24)26-19(2,3)4/h5-6,11,13H,7-10H2,1-4H3,(H,20,23). The van der Waals surface area contributed by atoms with E-state index in [1.165, 1.54) is 11.3 Å². The minimum atomic E-state index is -0.503. The predicted molar refractivity (Wildman–Crippen MR) is 103 cm³/mol. The zero-order valence-electron chi connectivity index (χ0n) is 16.1. The highest BCUT2D eigenvalue weighted by Crippen LogP contribution is 2.25. The molecule has 2 aromatic rings. The molecule has 1 fully saturated rings. The fourth-order valence-electron chi connectivity index (χ4n) is 2.83.